The number of ether oxygens (including phenoxy) is 2. The predicted octanol–water partition coefficient (Wildman–Crippen LogP) is 2.21. The van der Waals surface area contributed by atoms with Crippen LogP contribution in [-0.2, 0) is 9.47 Å². The van der Waals surface area contributed by atoms with Crippen molar-refractivity contribution in [1.29, 1.82) is 0 Å². The van der Waals surface area contributed by atoms with Crippen molar-refractivity contribution in [3.8, 4) is 0 Å². The van der Waals surface area contributed by atoms with E-state index in [-0.39, 0.29) is 30.9 Å². The molecule has 1 aliphatic heterocycles. The molecule has 2 rings (SSSR count). The highest BCUT2D eigenvalue weighted by Gasteiger charge is 2.41. The van der Waals surface area contributed by atoms with E-state index in [0.717, 1.165) is 13.0 Å². The van der Waals surface area contributed by atoms with E-state index in [9.17, 15) is 8.78 Å². The van der Waals surface area contributed by atoms with Crippen LogP contribution in [0.25, 0.3) is 0 Å². The van der Waals surface area contributed by atoms with E-state index in [2.05, 4.69) is 5.32 Å². The average Bonchev–Trinajstić information content (AvgIpc) is 2.69. The van der Waals surface area contributed by atoms with Crippen molar-refractivity contribution in [3.05, 3.63) is 0 Å². The Morgan fingerprint density at radius 1 is 1.39 bits per heavy atom. The van der Waals surface area contributed by atoms with Crippen LogP contribution in [0.4, 0.5) is 8.78 Å². The van der Waals surface area contributed by atoms with Crippen molar-refractivity contribution in [1.82, 2.24) is 5.32 Å². The largest absolute Gasteiger partial charge is 0.376 e. The second kappa shape index (κ2) is 6.26. The average molecular weight is 263 g/mol. The lowest BCUT2D eigenvalue weighted by atomic mass is 9.94. The van der Waals surface area contributed by atoms with Gasteiger partial charge in [0.05, 0.1) is 25.9 Å². The van der Waals surface area contributed by atoms with E-state index in [0.29, 0.717) is 26.2 Å². The number of nitrogens with one attached hydrogen (secondary N) is 1. The Labute approximate surface area is 107 Å². The molecule has 1 N–H and O–H groups in total. The first kappa shape index (κ1) is 14.2. The van der Waals surface area contributed by atoms with Crippen LogP contribution >= 0.6 is 0 Å². The molecule has 0 aromatic heterocycles. The smallest absolute Gasteiger partial charge is 0.248 e. The Hall–Kier alpha value is -0.260. The van der Waals surface area contributed by atoms with Crippen LogP contribution in [0.15, 0.2) is 0 Å². The van der Waals surface area contributed by atoms with Gasteiger partial charge in [0, 0.05) is 18.9 Å². The quantitative estimate of drug-likeness (QED) is 0.825. The Bertz CT molecular complexity index is 257. The molecule has 1 saturated carbocycles. The molecule has 18 heavy (non-hydrogen) atoms. The van der Waals surface area contributed by atoms with Gasteiger partial charge in [-0.05, 0) is 25.3 Å². The second-order valence-corrected chi connectivity index (χ2v) is 5.35. The maximum absolute atomic E-state index is 13.2. The molecule has 2 fully saturated rings. The van der Waals surface area contributed by atoms with Crippen molar-refractivity contribution in [2.45, 2.75) is 50.7 Å². The minimum Gasteiger partial charge on any atom is -0.376 e. The van der Waals surface area contributed by atoms with Crippen molar-refractivity contribution < 1.29 is 18.3 Å². The van der Waals surface area contributed by atoms with Crippen LogP contribution in [-0.4, -0.2) is 44.4 Å². The highest BCUT2D eigenvalue weighted by atomic mass is 19.3. The summed E-state index contributed by atoms with van der Waals surface area (Å²) in [5.74, 6) is -2.35. The van der Waals surface area contributed by atoms with Gasteiger partial charge in [0.2, 0.25) is 5.92 Å². The molecule has 2 aliphatic rings. The first-order valence-electron chi connectivity index (χ1n) is 6.91. The fraction of sp³-hybridized carbons (Fsp3) is 1.00. The molecule has 1 heterocycles. The number of alkyl halides is 2. The number of hydrogen-bond donors (Lipinski definition) is 1. The van der Waals surface area contributed by atoms with Gasteiger partial charge in [-0.15, -0.1) is 0 Å². The molecule has 0 aromatic carbocycles. The fourth-order valence-electron chi connectivity index (χ4n) is 2.97. The molecule has 0 bridgehead atoms. The van der Waals surface area contributed by atoms with Gasteiger partial charge in [0.15, 0.2) is 0 Å². The third kappa shape index (κ3) is 3.87. The number of rotatable bonds is 5. The molecule has 3 unspecified atom stereocenters. The van der Waals surface area contributed by atoms with Gasteiger partial charge in [-0.2, -0.15) is 0 Å². The summed E-state index contributed by atoms with van der Waals surface area (Å²) in [5.41, 5.74) is 0. The van der Waals surface area contributed by atoms with Crippen LogP contribution < -0.4 is 5.32 Å². The van der Waals surface area contributed by atoms with E-state index in [1.165, 1.54) is 0 Å². The van der Waals surface area contributed by atoms with E-state index in [1.807, 2.05) is 6.92 Å². The van der Waals surface area contributed by atoms with Gasteiger partial charge >= 0.3 is 0 Å². The lowest BCUT2D eigenvalue weighted by molar-refractivity contribution is -0.104. The van der Waals surface area contributed by atoms with Crippen molar-refractivity contribution in [2.24, 2.45) is 5.92 Å². The summed E-state index contributed by atoms with van der Waals surface area (Å²) in [6.07, 6.45) is 1.47. The minimum absolute atomic E-state index is 0.00734. The maximum Gasteiger partial charge on any atom is 0.248 e. The Morgan fingerprint density at radius 2 is 2.22 bits per heavy atom. The Kier molecular flexibility index (Phi) is 4.92. The molecule has 3 nitrogen and oxygen atoms in total. The van der Waals surface area contributed by atoms with Crippen LogP contribution in [0, 0.1) is 5.92 Å². The topological polar surface area (TPSA) is 30.5 Å². The lowest BCUT2D eigenvalue weighted by Gasteiger charge is -2.32. The molecule has 106 valence electrons. The van der Waals surface area contributed by atoms with E-state index in [4.69, 9.17) is 9.47 Å². The van der Waals surface area contributed by atoms with Crippen molar-refractivity contribution >= 4 is 0 Å². The molecule has 5 heteroatoms. The number of likely N-dealkylation sites (N-methyl/N-ethyl adjacent to an activating group) is 1. The summed E-state index contributed by atoms with van der Waals surface area (Å²) in [7, 11) is 0. The monoisotopic (exact) mass is 263 g/mol. The summed E-state index contributed by atoms with van der Waals surface area (Å²) in [6.45, 7) is 4.67. The summed E-state index contributed by atoms with van der Waals surface area (Å²) < 4.78 is 37.5. The normalized spacial score (nSPS) is 33.5. The van der Waals surface area contributed by atoms with E-state index >= 15 is 0 Å². The zero-order valence-electron chi connectivity index (χ0n) is 11.0. The van der Waals surface area contributed by atoms with Crippen LogP contribution in [0.5, 0.6) is 0 Å². The molecule has 0 radical (unpaired) electrons. The molecule has 0 amide bonds. The zero-order valence-corrected chi connectivity index (χ0v) is 11.0. The summed E-state index contributed by atoms with van der Waals surface area (Å²) in [5, 5.41) is 3.36. The van der Waals surface area contributed by atoms with E-state index < -0.39 is 5.92 Å². The predicted molar refractivity (Wildman–Crippen MR) is 64.9 cm³/mol. The third-order valence-electron chi connectivity index (χ3n) is 3.85. The van der Waals surface area contributed by atoms with Gasteiger partial charge in [0.1, 0.15) is 0 Å². The van der Waals surface area contributed by atoms with Gasteiger partial charge < -0.3 is 14.8 Å². The van der Waals surface area contributed by atoms with E-state index in [1.54, 1.807) is 0 Å². The highest BCUT2D eigenvalue weighted by Crippen LogP contribution is 2.41. The van der Waals surface area contributed by atoms with Gasteiger partial charge in [-0.3, -0.25) is 0 Å². The zero-order chi connectivity index (χ0) is 13.0. The number of halogens is 2. The molecular formula is C13H23F2NO2. The first-order valence-corrected chi connectivity index (χ1v) is 6.91. The molecule has 1 saturated heterocycles. The maximum atomic E-state index is 13.2. The Balaban J connectivity index is 1.85. The first-order chi connectivity index (χ1) is 8.61. The molecule has 1 aliphatic carbocycles. The third-order valence-corrected chi connectivity index (χ3v) is 3.85. The molecular weight excluding hydrogens is 240 g/mol. The van der Waals surface area contributed by atoms with Gasteiger partial charge in [-0.25, -0.2) is 8.78 Å². The van der Waals surface area contributed by atoms with Gasteiger partial charge in [0.25, 0.3) is 0 Å². The highest BCUT2D eigenvalue weighted by molar-refractivity contribution is 4.87. The summed E-state index contributed by atoms with van der Waals surface area (Å²) in [4.78, 5) is 0. The van der Waals surface area contributed by atoms with Crippen molar-refractivity contribution in [3.63, 3.8) is 0 Å². The molecule has 0 aromatic rings. The van der Waals surface area contributed by atoms with Crippen LogP contribution in [0.2, 0.25) is 0 Å². The van der Waals surface area contributed by atoms with Gasteiger partial charge in [-0.1, -0.05) is 6.92 Å². The molecule has 0 spiro atoms. The van der Waals surface area contributed by atoms with Crippen LogP contribution in [0.1, 0.15) is 32.6 Å². The fourth-order valence-corrected chi connectivity index (χ4v) is 2.97. The SMILES string of the molecule is CCNC(CC1CCC(F)(F)C1)C1COCCO1. The Morgan fingerprint density at radius 3 is 2.78 bits per heavy atom. The summed E-state index contributed by atoms with van der Waals surface area (Å²) in [6, 6.07) is 0.134. The van der Waals surface area contributed by atoms with Crippen molar-refractivity contribution in [2.75, 3.05) is 26.4 Å². The summed E-state index contributed by atoms with van der Waals surface area (Å²) >= 11 is 0. The second-order valence-electron chi connectivity index (χ2n) is 5.35. The lowest BCUT2D eigenvalue weighted by Crippen LogP contribution is -2.47. The standard InChI is InChI=1S/C13H23F2NO2/c1-2-16-11(12-9-17-5-6-18-12)7-10-3-4-13(14,15)8-10/h10-12,16H,2-9H2,1H3. The minimum atomic E-state index is -2.45. The molecule has 3 atom stereocenters. The number of hydrogen-bond acceptors (Lipinski definition) is 3. The van der Waals surface area contributed by atoms with Crippen LogP contribution in [0.3, 0.4) is 0 Å².